The van der Waals surface area contributed by atoms with E-state index in [-0.39, 0.29) is 6.42 Å². The topological polar surface area (TPSA) is 63.3 Å². The molecule has 11 heavy (non-hydrogen) atoms. The molecule has 1 N–H and O–H groups in total. The first-order valence-electron chi connectivity index (χ1n) is 3.39. The Hall–Kier alpha value is -1.32. The number of aliphatic carboxylic acids is 1. The van der Waals surface area contributed by atoms with Gasteiger partial charge in [0.05, 0.1) is 6.20 Å². The molecule has 0 aliphatic carbocycles. The molecule has 1 aromatic heterocycles. The summed E-state index contributed by atoms with van der Waals surface area (Å²) < 4.78 is 4.91. The summed E-state index contributed by atoms with van der Waals surface area (Å²) in [6, 6.07) is 0. The maximum Gasteiger partial charge on any atom is 0.303 e. The quantitative estimate of drug-likeness (QED) is 0.706. The van der Waals surface area contributed by atoms with Crippen LogP contribution in [0.25, 0.3) is 0 Å². The number of nitrogens with zero attached hydrogens (tertiary/aromatic N) is 1. The molecule has 4 heteroatoms. The van der Waals surface area contributed by atoms with Crippen LogP contribution in [0.2, 0.25) is 0 Å². The fourth-order valence-corrected chi connectivity index (χ4v) is 0.767. The lowest BCUT2D eigenvalue weighted by Crippen LogP contribution is -1.95. The molecule has 0 fully saturated rings. The average Bonchev–Trinajstić information content (AvgIpc) is 2.39. The minimum Gasteiger partial charge on any atom is -0.481 e. The zero-order chi connectivity index (χ0) is 8.10. The predicted molar refractivity (Wildman–Crippen MR) is 37.1 cm³/mol. The summed E-state index contributed by atoms with van der Waals surface area (Å²) in [5, 5.41) is 8.29. The highest BCUT2D eigenvalue weighted by atomic mass is 16.4. The Balaban J connectivity index is 2.19. The monoisotopic (exact) mass is 155 g/mol. The third-order valence-electron chi connectivity index (χ3n) is 1.26. The molecule has 0 saturated carbocycles. The minimum absolute atomic E-state index is 0.169. The summed E-state index contributed by atoms with van der Waals surface area (Å²) in [5.74, 6) is -0.178. The number of oxazole rings is 1. The first-order valence-corrected chi connectivity index (χ1v) is 3.39. The highest BCUT2D eigenvalue weighted by molar-refractivity contribution is 5.66. The first-order chi connectivity index (χ1) is 5.29. The Morgan fingerprint density at radius 3 is 3.09 bits per heavy atom. The Kier molecular flexibility index (Phi) is 2.66. The lowest BCUT2D eigenvalue weighted by molar-refractivity contribution is -0.137. The van der Waals surface area contributed by atoms with Crippen molar-refractivity contribution >= 4 is 5.97 Å². The van der Waals surface area contributed by atoms with Gasteiger partial charge in [0.15, 0.2) is 5.89 Å². The van der Waals surface area contributed by atoms with Gasteiger partial charge in [-0.3, -0.25) is 4.79 Å². The minimum atomic E-state index is -0.781. The molecule has 0 bridgehead atoms. The molecule has 1 aromatic rings. The van der Waals surface area contributed by atoms with Crippen LogP contribution in [0.15, 0.2) is 16.9 Å². The van der Waals surface area contributed by atoms with Gasteiger partial charge in [0.2, 0.25) is 0 Å². The fraction of sp³-hybridized carbons (Fsp3) is 0.429. The largest absolute Gasteiger partial charge is 0.481 e. The van der Waals surface area contributed by atoms with Gasteiger partial charge in [-0.15, -0.1) is 0 Å². The SMILES string of the molecule is O=C(O)CCCc1ncco1. The summed E-state index contributed by atoms with van der Waals surface area (Å²) in [4.78, 5) is 13.9. The highest BCUT2D eigenvalue weighted by Crippen LogP contribution is 2.01. The average molecular weight is 155 g/mol. The molecule has 4 nitrogen and oxygen atoms in total. The van der Waals surface area contributed by atoms with Crippen molar-refractivity contribution in [2.24, 2.45) is 0 Å². The first kappa shape index (κ1) is 7.78. The van der Waals surface area contributed by atoms with Crippen molar-refractivity contribution in [3.8, 4) is 0 Å². The van der Waals surface area contributed by atoms with E-state index >= 15 is 0 Å². The number of aromatic nitrogens is 1. The van der Waals surface area contributed by atoms with E-state index in [1.807, 2.05) is 0 Å². The molecule has 0 radical (unpaired) electrons. The summed E-state index contributed by atoms with van der Waals surface area (Å²) >= 11 is 0. The molecule has 0 unspecified atom stereocenters. The summed E-state index contributed by atoms with van der Waals surface area (Å²) in [5.41, 5.74) is 0. The number of hydrogen-bond acceptors (Lipinski definition) is 3. The Morgan fingerprint density at radius 2 is 2.55 bits per heavy atom. The van der Waals surface area contributed by atoms with E-state index in [0.717, 1.165) is 0 Å². The second kappa shape index (κ2) is 3.75. The van der Waals surface area contributed by atoms with E-state index < -0.39 is 5.97 Å². The van der Waals surface area contributed by atoms with E-state index in [0.29, 0.717) is 18.7 Å². The zero-order valence-corrected chi connectivity index (χ0v) is 5.99. The lowest BCUT2D eigenvalue weighted by atomic mass is 10.2. The van der Waals surface area contributed by atoms with Gasteiger partial charge in [-0.05, 0) is 6.42 Å². The third kappa shape index (κ3) is 2.84. The van der Waals surface area contributed by atoms with Gasteiger partial charge in [0, 0.05) is 12.8 Å². The number of rotatable bonds is 4. The zero-order valence-electron chi connectivity index (χ0n) is 5.99. The van der Waals surface area contributed by atoms with Crippen molar-refractivity contribution < 1.29 is 14.3 Å². The smallest absolute Gasteiger partial charge is 0.303 e. The molecule has 0 aliphatic rings. The normalized spacial score (nSPS) is 9.82. The van der Waals surface area contributed by atoms with E-state index in [4.69, 9.17) is 9.52 Å². The van der Waals surface area contributed by atoms with Crippen molar-refractivity contribution in [3.63, 3.8) is 0 Å². The summed E-state index contributed by atoms with van der Waals surface area (Å²) in [7, 11) is 0. The van der Waals surface area contributed by atoms with Crippen LogP contribution in [-0.4, -0.2) is 16.1 Å². The molecule has 0 amide bonds. The van der Waals surface area contributed by atoms with Crippen molar-refractivity contribution in [1.29, 1.82) is 0 Å². The highest BCUT2D eigenvalue weighted by Gasteiger charge is 2.00. The van der Waals surface area contributed by atoms with Crippen LogP contribution >= 0.6 is 0 Å². The summed E-state index contributed by atoms with van der Waals surface area (Å²) in [6.07, 6.45) is 4.38. The fourth-order valence-electron chi connectivity index (χ4n) is 0.767. The van der Waals surface area contributed by atoms with E-state index in [1.54, 1.807) is 6.20 Å². The molecule has 0 aliphatic heterocycles. The number of carboxylic acids is 1. The van der Waals surface area contributed by atoms with Crippen LogP contribution in [0.3, 0.4) is 0 Å². The predicted octanol–water partition coefficient (Wildman–Crippen LogP) is 1.08. The van der Waals surface area contributed by atoms with Crippen LogP contribution in [0.4, 0.5) is 0 Å². The maximum absolute atomic E-state index is 10.1. The van der Waals surface area contributed by atoms with Gasteiger partial charge in [-0.25, -0.2) is 4.98 Å². The van der Waals surface area contributed by atoms with Crippen molar-refractivity contribution in [2.45, 2.75) is 19.3 Å². The van der Waals surface area contributed by atoms with Gasteiger partial charge in [0.1, 0.15) is 6.26 Å². The lowest BCUT2D eigenvalue weighted by Gasteiger charge is -1.91. The van der Waals surface area contributed by atoms with Gasteiger partial charge >= 0.3 is 5.97 Å². The third-order valence-corrected chi connectivity index (χ3v) is 1.26. The van der Waals surface area contributed by atoms with Gasteiger partial charge in [0.25, 0.3) is 0 Å². The van der Waals surface area contributed by atoms with Crippen LogP contribution in [0.1, 0.15) is 18.7 Å². The molecule has 0 spiro atoms. The van der Waals surface area contributed by atoms with Crippen LogP contribution in [-0.2, 0) is 11.2 Å². The molecular formula is C7H9NO3. The van der Waals surface area contributed by atoms with E-state index in [2.05, 4.69) is 4.98 Å². The molecule has 0 saturated heterocycles. The van der Waals surface area contributed by atoms with Gasteiger partial charge in [-0.2, -0.15) is 0 Å². The standard InChI is InChI=1S/C7H9NO3/c9-7(10)3-1-2-6-8-4-5-11-6/h4-5H,1-3H2,(H,9,10). The van der Waals surface area contributed by atoms with Crippen molar-refractivity contribution in [2.75, 3.05) is 0 Å². The van der Waals surface area contributed by atoms with Crippen LogP contribution in [0.5, 0.6) is 0 Å². The van der Waals surface area contributed by atoms with Crippen molar-refractivity contribution in [3.05, 3.63) is 18.4 Å². The molecule has 1 heterocycles. The summed E-state index contributed by atoms with van der Waals surface area (Å²) in [6.45, 7) is 0. The second-order valence-electron chi connectivity index (χ2n) is 2.17. The van der Waals surface area contributed by atoms with Crippen LogP contribution < -0.4 is 0 Å². The van der Waals surface area contributed by atoms with E-state index in [1.165, 1.54) is 6.26 Å². The number of carbonyl (C=O) groups is 1. The number of aryl methyl sites for hydroxylation is 1. The van der Waals surface area contributed by atoms with E-state index in [9.17, 15) is 4.79 Å². The van der Waals surface area contributed by atoms with Crippen LogP contribution in [0, 0.1) is 0 Å². The molecule has 0 atom stereocenters. The number of hydrogen-bond donors (Lipinski definition) is 1. The van der Waals surface area contributed by atoms with Crippen molar-refractivity contribution in [1.82, 2.24) is 4.98 Å². The van der Waals surface area contributed by atoms with Gasteiger partial charge < -0.3 is 9.52 Å². The maximum atomic E-state index is 10.1. The Morgan fingerprint density at radius 1 is 1.73 bits per heavy atom. The number of carboxylic acid groups (broad SMARTS) is 1. The van der Waals surface area contributed by atoms with Gasteiger partial charge in [-0.1, -0.05) is 0 Å². The molecule has 60 valence electrons. The Labute approximate surface area is 63.9 Å². The Bertz CT molecular complexity index is 218. The molecule has 0 aromatic carbocycles. The second-order valence-corrected chi connectivity index (χ2v) is 2.17. The molecular weight excluding hydrogens is 146 g/mol. The molecule has 1 rings (SSSR count).